The Kier molecular flexibility index (Phi) is 12.7. The SMILES string of the molecule is CC1=Cc2cc3[n-]c(cc4nc(cc5[n-]c(cc1n2)cc5C)C(C)=C4CCC(=O)OCCCn1cccc1)c(CCC(=O)OCCCn1cccc1)c3C.[Co+2]. The first-order valence-corrected chi connectivity index (χ1v) is 18.7. The summed E-state index contributed by atoms with van der Waals surface area (Å²) < 4.78 is 15.4. The topological polar surface area (TPSA) is 116 Å². The van der Waals surface area contributed by atoms with E-state index in [1.54, 1.807) is 0 Å². The summed E-state index contributed by atoms with van der Waals surface area (Å²) in [4.78, 5) is 46.0. The van der Waals surface area contributed by atoms with Crippen LogP contribution in [0.5, 0.6) is 0 Å². The molecule has 0 N–H and O–H groups in total. The van der Waals surface area contributed by atoms with Crippen molar-refractivity contribution in [3.05, 3.63) is 119 Å². The minimum Gasteiger partial charge on any atom is -0.658 e. The average molecular weight is 782 g/mol. The molecule has 0 atom stereocenters. The van der Waals surface area contributed by atoms with Crippen molar-refractivity contribution in [2.75, 3.05) is 13.2 Å². The maximum atomic E-state index is 12.9. The summed E-state index contributed by atoms with van der Waals surface area (Å²) in [6.45, 7) is 10.5. The second-order valence-corrected chi connectivity index (χ2v) is 14.0. The maximum Gasteiger partial charge on any atom is 2.00 e. The molecule has 0 aliphatic carbocycles. The summed E-state index contributed by atoms with van der Waals surface area (Å²) in [6, 6.07) is 18.0. The van der Waals surface area contributed by atoms with Gasteiger partial charge in [0.05, 0.1) is 36.0 Å². The quantitative estimate of drug-likeness (QED) is 0.0817. The van der Waals surface area contributed by atoms with Gasteiger partial charge < -0.3 is 28.6 Å². The Bertz CT molecular complexity index is 2380. The van der Waals surface area contributed by atoms with Crippen LogP contribution in [0.15, 0.2) is 79.4 Å². The second kappa shape index (κ2) is 17.8. The van der Waals surface area contributed by atoms with Crippen LogP contribution in [0.1, 0.15) is 85.4 Å². The summed E-state index contributed by atoms with van der Waals surface area (Å²) in [6.07, 6.45) is 12.9. The Labute approximate surface area is 331 Å². The molecule has 10 nitrogen and oxygen atoms in total. The maximum absolute atomic E-state index is 12.9. The molecule has 11 heteroatoms. The third-order valence-corrected chi connectivity index (χ3v) is 10.1. The predicted molar refractivity (Wildman–Crippen MR) is 212 cm³/mol. The largest absolute Gasteiger partial charge is 2.00 e. The number of fused-ring (bicyclic) bond motifs is 8. The first kappa shape index (κ1) is 39.3. The number of aromatic nitrogens is 6. The Morgan fingerprint density at radius 1 is 0.673 bits per heavy atom. The summed E-state index contributed by atoms with van der Waals surface area (Å²) in [5, 5.41) is 0. The second-order valence-electron chi connectivity index (χ2n) is 14.0. The van der Waals surface area contributed by atoms with Crippen LogP contribution in [0.25, 0.3) is 44.9 Å². The molecule has 0 spiro atoms. The number of esters is 2. The molecular formula is C44H46CoN6O4. The number of rotatable bonds is 14. The third kappa shape index (κ3) is 9.65. The van der Waals surface area contributed by atoms with E-state index in [1.807, 2.05) is 101 Å². The van der Waals surface area contributed by atoms with E-state index in [0.717, 1.165) is 104 Å². The number of allylic oxidation sites excluding steroid dienone is 3. The zero-order valence-corrected chi connectivity index (χ0v) is 32.8. The molecule has 8 bridgehead atoms. The van der Waals surface area contributed by atoms with Gasteiger partial charge in [-0.3, -0.25) is 9.59 Å². The summed E-state index contributed by atoms with van der Waals surface area (Å²) in [7, 11) is 0. The molecule has 2 aliphatic heterocycles. The normalized spacial score (nSPS) is 12.4. The van der Waals surface area contributed by atoms with Crippen molar-refractivity contribution in [1.82, 2.24) is 29.1 Å². The van der Waals surface area contributed by atoms with E-state index in [2.05, 4.69) is 21.3 Å². The minimum absolute atomic E-state index is 0. The van der Waals surface area contributed by atoms with Gasteiger partial charge in [0.2, 0.25) is 0 Å². The van der Waals surface area contributed by atoms with Crippen molar-refractivity contribution in [2.24, 2.45) is 0 Å². The van der Waals surface area contributed by atoms with Crippen LogP contribution in [0.2, 0.25) is 0 Å². The number of aryl methyl sites for hydroxylation is 5. The van der Waals surface area contributed by atoms with Crippen molar-refractivity contribution in [1.29, 1.82) is 0 Å². The number of ether oxygens (including phenoxy) is 2. The van der Waals surface area contributed by atoms with Gasteiger partial charge >= 0.3 is 28.7 Å². The van der Waals surface area contributed by atoms with Crippen LogP contribution in [0.4, 0.5) is 0 Å². The number of hydrogen-bond acceptors (Lipinski definition) is 6. The zero-order chi connectivity index (χ0) is 37.6. The fourth-order valence-electron chi connectivity index (χ4n) is 7.00. The molecule has 0 saturated heterocycles. The molecule has 5 aromatic rings. The Morgan fingerprint density at radius 3 is 1.95 bits per heavy atom. The Balaban J connectivity index is 0.00000514. The Morgan fingerprint density at radius 2 is 1.29 bits per heavy atom. The molecular weight excluding hydrogens is 735 g/mol. The number of carbonyl (C=O) groups is 2. The van der Waals surface area contributed by atoms with Crippen LogP contribution < -0.4 is 9.97 Å². The van der Waals surface area contributed by atoms with Crippen LogP contribution >= 0.6 is 0 Å². The smallest absolute Gasteiger partial charge is 0.658 e. The van der Waals surface area contributed by atoms with Gasteiger partial charge in [0.1, 0.15) is 0 Å². The summed E-state index contributed by atoms with van der Waals surface area (Å²) in [5.41, 5.74) is 12.4. The van der Waals surface area contributed by atoms with Crippen LogP contribution in [-0.2, 0) is 55.4 Å². The minimum atomic E-state index is -0.241. The van der Waals surface area contributed by atoms with E-state index >= 15 is 0 Å². The van der Waals surface area contributed by atoms with Gasteiger partial charge in [-0.2, -0.15) is 0 Å². The van der Waals surface area contributed by atoms with Gasteiger partial charge in [-0.05, 0) is 100 Å². The molecule has 0 amide bonds. The van der Waals surface area contributed by atoms with Gasteiger partial charge in [0.25, 0.3) is 0 Å². The van der Waals surface area contributed by atoms with Crippen LogP contribution in [0, 0.1) is 13.8 Å². The van der Waals surface area contributed by atoms with Crippen molar-refractivity contribution in [3.8, 4) is 0 Å². The predicted octanol–water partition coefficient (Wildman–Crippen LogP) is 8.26. The van der Waals surface area contributed by atoms with E-state index in [-0.39, 0.29) is 41.6 Å². The number of carbonyl (C=O) groups excluding carboxylic acids is 2. The molecule has 285 valence electrons. The molecule has 0 fully saturated rings. The molecule has 0 aromatic carbocycles. The van der Waals surface area contributed by atoms with Crippen LogP contribution in [-0.4, -0.2) is 44.3 Å². The van der Waals surface area contributed by atoms with Crippen LogP contribution in [0.3, 0.4) is 0 Å². The fraction of sp³-hybridized carbons (Fsp3) is 0.318. The summed E-state index contributed by atoms with van der Waals surface area (Å²) in [5.74, 6) is -0.481. The average Bonchev–Trinajstić information content (AvgIpc) is 4.01. The monoisotopic (exact) mass is 781 g/mol. The van der Waals surface area contributed by atoms with E-state index in [1.165, 1.54) is 0 Å². The van der Waals surface area contributed by atoms with Gasteiger partial charge in [0.15, 0.2) is 0 Å². The first-order valence-electron chi connectivity index (χ1n) is 18.7. The van der Waals surface area contributed by atoms with E-state index in [0.29, 0.717) is 26.1 Å². The molecule has 55 heavy (non-hydrogen) atoms. The Hall–Kier alpha value is -5.39. The van der Waals surface area contributed by atoms with Gasteiger partial charge in [-0.15, -0.1) is 22.1 Å². The van der Waals surface area contributed by atoms with Gasteiger partial charge in [0, 0.05) is 50.7 Å². The standard InChI is InChI=1S/C44H46N6O4.Co/c1-29-23-34-26-39-31(3)35(11-13-43(51)53-21-9-19-49-15-5-6-16-49)41(47-39)28-42-36(12-14-44(52)54-22-10-20-50-17-7-8-18-50)32(4)40(48-42)27-38-30(2)24-33(46-38)25-37(29)45-34;/h5-8,15-18,23-28H,9-14,19-22H2,1-4H3;/q-2;+2. The number of hydrogen-bond donors (Lipinski definition) is 0. The molecule has 1 radical (unpaired) electrons. The van der Waals surface area contributed by atoms with Crippen molar-refractivity contribution in [3.63, 3.8) is 0 Å². The molecule has 2 aliphatic rings. The number of nitrogens with zero attached hydrogens (tertiary/aromatic N) is 6. The van der Waals surface area contributed by atoms with E-state index < -0.39 is 0 Å². The molecule has 7 heterocycles. The third-order valence-electron chi connectivity index (χ3n) is 10.1. The van der Waals surface area contributed by atoms with Crippen molar-refractivity contribution >= 4 is 56.8 Å². The van der Waals surface area contributed by atoms with Gasteiger partial charge in [-0.25, -0.2) is 9.97 Å². The van der Waals surface area contributed by atoms with E-state index in [4.69, 9.17) is 29.4 Å². The molecule has 0 saturated carbocycles. The zero-order valence-electron chi connectivity index (χ0n) is 31.8. The first-order chi connectivity index (χ1) is 26.2. The molecule has 0 unspecified atom stereocenters. The molecule has 7 rings (SSSR count). The van der Waals surface area contributed by atoms with Gasteiger partial charge in [-0.1, -0.05) is 47.0 Å². The van der Waals surface area contributed by atoms with Crippen molar-refractivity contribution in [2.45, 2.75) is 79.3 Å². The summed E-state index contributed by atoms with van der Waals surface area (Å²) >= 11 is 0. The molecule has 5 aromatic heterocycles. The fourth-order valence-corrected chi connectivity index (χ4v) is 7.00. The van der Waals surface area contributed by atoms with Crippen molar-refractivity contribution < 1.29 is 35.8 Å². The van der Waals surface area contributed by atoms with E-state index in [9.17, 15) is 9.59 Å².